The number of Topliss-reactive ketones (excluding diaryl/α,β-unsaturated/α-hetero) is 2. The number of nitrogens with zero attached hydrogens (tertiary/aromatic N) is 9. The number of piperidine rings is 4. The summed E-state index contributed by atoms with van der Waals surface area (Å²) in [5, 5.41) is 14.2. The van der Waals surface area contributed by atoms with Gasteiger partial charge in [0.05, 0.1) is 55.4 Å². The van der Waals surface area contributed by atoms with Gasteiger partial charge < -0.3 is 34.2 Å². The van der Waals surface area contributed by atoms with Crippen molar-refractivity contribution in [3.63, 3.8) is 0 Å². The molecule has 8 heterocycles. The van der Waals surface area contributed by atoms with Crippen LogP contribution >= 0.6 is 0 Å². The number of amides is 1. The monoisotopic (exact) mass is 1260 g/mol. The van der Waals surface area contributed by atoms with E-state index in [2.05, 4.69) is 15.1 Å². The Hall–Kier alpha value is -7.11. The minimum atomic E-state index is -3.82. The fraction of sp³-hybridized carbons (Fsp3) is 0.515. The lowest BCUT2D eigenvalue weighted by molar-refractivity contribution is 0.0895. The zero-order valence-corrected chi connectivity index (χ0v) is 53.4. The first-order valence-electron chi connectivity index (χ1n) is 32.4. The standard InChI is InChI=1S/C38H45N5O6S.C30H39N5O4S/c1-48-24-28-15-19-41(20-16-28)33-23-32(39-37-35(33)36(29-11-8-12-29)40-43(37)30-13-6-3-7-14-30)34(44)26-50(46,47)31-17-21-42(22-18-31)38(45)49-25-27-9-4-2-5-10-27;1-39-19-21-12-16-34(17-13-21)26-18-25(27(36)20-40(37,38)24-10-14-31-15-11-24)32-30-28(26)29(22-6-5-7-22)33-35(30)23-8-3-2-4-9-23/h2-7,9-10,13-14,23,28-29,31H,8,11-12,15-22,24-26H2,1H3;2-4,8-9,18,21-22,24,31H,5-7,10-17,19-20H2,1H3. The highest BCUT2D eigenvalue weighted by molar-refractivity contribution is 7.93. The Morgan fingerprint density at radius 1 is 0.522 bits per heavy atom. The fourth-order valence-electron chi connectivity index (χ4n) is 13.7. The molecule has 4 saturated heterocycles. The summed E-state index contributed by atoms with van der Waals surface area (Å²) in [7, 11) is -3.92. The molecule has 6 aliphatic rings. The van der Waals surface area contributed by atoms with Gasteiger partial charge in [-0.05, 0) is 144 Å². The number of carbonyl (C=O) groups is 3. The van der Waals surface area contributed by atoms with E-state index in [-0.39, 0.29) is 43.9 Å². The van der Waals surface area contributed by atoms with Gasteiger partial charge in [-0.2, -0.15) is 10.2 Å². The third-order valence-electron chi connectivity index (χ3n) is 19.4. The number of nitrogens with one attached hydrogen (secondary N) is 1. The Kier molecular flexibility index (Phi) is 19.7. The Bertz CT molecular complexity index is 3870. The second-order valence-electron chi connectivity index (χ2n) is 25.4. The molecular weight excluding hydrogens is 1180 g/mol. The number of ketones is 2. The first-order valence-corrected chi connectivity index (χ1v) is 35.8. The number of anilines is 2. The van der Waals surface area contributed by atoms with Crippen LogP contribution in [0.15, 0.2) is 103 Å². The van der Waals surface area contributed by atoms with Crippen molar-refractivity contribution in [3.8, 4) is 11.4 Å². The molecule has 22 heteroatoms. The van der Waals surface area contributed by atoms with E-state index in [1.165, 1.54) is 6.42 Å². The Morgan fingerprint density at radius 3 is 1.33 bits per heavy atom. The van der Waals surface area contributed by atoms with Gasteiger partial charge in [0, 0.05) is 78.5 Å². The average Bonchev–Trinajstić information content (AvgIpc) is 1.58. The van der Waals surface area contributed by atoms with E-state index >= 15 is 0 Å². The van der Waals surface area contributed by atoms with Crippen molar-refractivity contribution in [2.24, 2.45) is 11.8 Å². The SMILES string of the molecule is COCC1CCN(c2cc(C(=O)CS(=O)(=O)C3CCN(C(=O)OCc4ccccc4)CC3)nc3c2c(C2CCC2)nn3-c2ccccc2)CC1.COCC1CCN(c2cc(C(=O)CS(=O)(=O)C3CCNCC3)nc3c2c(C2CCC2)nn3-c2ccccc2)CC1. The molecule has 3 aromatic carbocycles. The van der Waals surface area contributed by atoms with Crippen molar-refractivity contribution in [1.29, 1.82) is 0 Å². The number of methoxy groups -OCH3 is 2. The van der Waals surface area contributed by atoms with Crippen molar-refractivity contribution in [3.05, 3.63) is 131 Å². The van der Waals surface area contributed by atoms with Gasteiger partial charge in [-0.25, -0.2) is 41.0 Å². The number of rotatable bonds is 20. The molecule has 4 aliphatic heterocycles. The highest BCUT2D eigenvalue weighted by atomic mass is 32.2. The molecule has 0 atom stereocenters. The van der Waals surface area contributed by atoms with Crippen molar-refractivity contribution in [1.82, 2.24) is 39.7 Å². The average molecular weight is 1270 g/mol. The second-order valence-corrected chi connectivity index (χ2v) is 29.9. The maximum absolute atomic E-state index is 14.0. The third kappa shape index (κ3) is 14.0. The number of benzene rings is 3. The van der Waals surface area contributed by atoms with Crippen molar-refractivity contribution in [2.75, 3.05) is 101 Å². The van der Waals surface area contributed by atoms with E-state index in [9.17, 15) is 31.2 Å². The summed E-state index contributed by atoms with van der Waals surface area (Å²) >= 11 is 0. The minimum absolute atomic E-state index is 0.134. The highest BCUT2D eigenvalue weighted by Gasteiger charge is 2.38. The van der Waals surface area contributed by atoms with Crippen LogP contribution in [-0.4, -0.2) is 171 Å². The normalized spacial score (nSPS) is 18.7. The molecule has 2 saturated carbocycles. The lowest BCUT2D eigenvalue weighted by atomic mass is 9.81. The van der Waals surface area contributed by atoms with Gasteiger partial charge in [-0.1, -0.05) is 79.6 Å². The van der Waals surface area contributed by atoms with Crippen LogP contribution in [0.3, 0.4) is 0 Å². The van der Waals surface area contributed by atoms with Gasteiger partial charge in [0.15, 0.2) is 42.5 Å². The molecule has 1 N–H and O–H groups in total. The zero-order chi connectivity index (χ0) is 62.4. The van der Waals surface area contributed by atoms with Crippen LogP contribution in [-0.2, 0) is 40.5 Å². The second kappa shape index (κ2) is 28.2. The third-order valence-corrected chi connectivity index (χ3v) is 23.7. The molecule has 0 unspecified atom stereocenters. The topological polar surface area (TPSA) is 230 Å². The first kappa shape index (κ1) is 63.1. The predicted molar refractivity (Wildman–Crippen MR) is 348 cm³/mol. The van der Waals surface area contributed by atoms with Gasteiger partial charge in [0.2, 0.25) is 0 Å². The summed E-state index contributed by atoms with van der Waals surface area (Å²) in [6.07, 6.45) is 11.6. The Balaban J connectivity index is 0.000000179. The van der Waals surface area contributed by atoms with E-state index in [1.807, 2.05) is 106 Å². The quantitative estimate of drug-likeness (QED) is 0.0700. The number of sulfone groups is 2. The summed E-state index contributed by atoms with van der Waals surface area (Å²) < 4.78 is 73.9. The Labute approximate surface area is 527 Å². The molecule has 4 aromatic heterocycles. The molecule has 90 heavy (non-hydrogen) atoms. The van der Waals surface area contributed by atoms with E-state index < -0.39 is 59.3 Å². The largest absolute Gasteiger partial charge is 0.445 e. The minimum Gasteiger partial charge on any atom is -0.445 e. The van der Waals surface area contributed by atoms with E-state index in [4.69, 9.17) is 34.4 Å². The number of aromatic nitrogens is 6. The van der Waals surface area contributed by atoms with Crippen LogP contribution in [0.25, 0.3) is 33.4 Å². The molecule has 1 amide bonds. The molecule has 0 spiro atoms. The Morgan fingerprint density at radius 2 is 0.933 bits per heavy atom. The molecule has 20 nitrogen and oxygen atoms in total. The predicted octanol–water partition coefficient (Wildman–Crippen LogP) is 9.85. The van der Waals surface area contributed by atoms with Crippen LogP contribution in [0.4, 0.5) is 16.2 Å². The number of likely N-dealkylation sites (tertiary alicyclic amines) is 1. The van der Waals surface area contributed by atoms with Crippen LogP contribution in [0.5, 0.6) is 0 Å². The number of carbonyl (C=O) groups excluding carboxylic acids is 3. The highest BCUT2D eigenvalue weighted by Crippen LogP contribution is 2.45. The number of pyridine rings is 2. The molecule has 7 aromatic rings. The van der Waals surface area contributed by atoms with E-state index in [0.717, 1.165) is 141 Å². The van der Waals surface area contributed by atoms with Crippen molar-refractivity contribution >= 4 is 70.8 Å². The smallest absolute Gasteiger partial charge is 0.410 e. The van der Waals surface area contributed by atoms with Crippen LogP contribution in [0, 0.1) is 11.8 Å². The summed E-state index contributed by atoms with van der Waals surface area (Å²) in [5.41, 5.74) is 8.04. The first-order chi connectivity index (χ1) is 43.7. The lowest BCUT2D eigenvalue weighted by Crippen LogP contribution is -2.43. The van der Waals surface area contributed by atoms with Gasteiger partial charge in [-0.15, -0.1) is 0 Å². The molecule has 0 radical (unpaired) electrons. The molecule has 6 fully saturated rings. The number of hydrogen-bond acceptors (Lipinski definition) is 17. The van der Waals surface area contributed by atoms with Crippen molar-refractivity contribution in [2.45, 2.75) is 119 Å². The lowest BCUT2D eigenvalue weighted by Gasteiger charge is -2.34. The maximum Gasteiger partial charge on any atom is 0.410 e. The van der Waals surface area contributed by atoms with Gasteiger partial charge in [0.1, 0.15) is 29.5 Å². The zero-order valence-electron chi connectivity index (χ0n) is 51.8. The number of para-hydroxylation sites is 2. The van der Waals surface area contributed by atoms with Crippen LogP contribution < -0.4 is 15.1 Å². The van der Waals surface area contributed by atoms with Gasteiger partial charge in [-0.3, -0.25) is 9.59 Å². The molecule has 0 bridgehead atoms. The molecule has 13 rings (SSSR count). The number of ether oxygens (including phenoxy) is 3. The maximum atomic E-state index is 14.0. The van der Waals surface area contributed by atoms with Crippen LogP contribution in [0.2, 0.25) is 0 Å². The van der Waals surface area contributed by atoms with E-state index in [1.54, 1.807) is 25.2 Å². The summed E-state index contributed by atoms with van der Waals surface area (Å²) in [6.45, 7) is 6.71. The summed E-state index contributed by atoms with van der Waals surface area (Å²) in [4.78, 5) is 56.3. The van der Waals surface area contributed by atoms with Gasteiger partial charge >= 0.3 is 6.09 Å². The summed E-state index contributed by atoms with van der Waals surface area (Å²) in [5.74, 6) is -0.471. The fourth-order valence-corrected chi connectivity index (χ4v) is 17.1. The molecular formula is C68H84N10O10S2. The summed E-state index contributed by atoms with van der Waals surface area (Å²) in [6, 6.07) is 32.7. The van der Waals surface area contributed by atoms with Crippen LogP contribution in [0.1, 0.15) is 140 Å². The number of hydrogen-bond donors (Lipinski definition) is 1. The van der Waals surface area contributed by atoms with Gasteiger partial charge in [0.25, 0.3) is 0 Å². The van der Waals surface area contributed by atoms with E-state index in [0.29, 0.717) is 67.5 Å². The molecule has 478 valence electrons. The molecule has 2 aliphatic carbocycles. The van der Waals surface area contributed by atoms with Crippen molar-refractivity contribution < 1.29 is 45.4 Å². The number of fused-ring (bicyclic) bond motifs is 2.